The van der Waals surface area contributed by atoms with Crippen molar-refractivity contribution in [2.75, 3.05) is 20.7 Å². The molecule has 1 N–H and O–H groups in total. The monoisotopic (exact) mass is 543 g/mol. The first-order valence-corrected chi connectivity index (χ1v) is 17.1. The number of likely N-dealkylation sites (N-methyl/N-ethyl adjacent to an activating group) is 2. The number of amides is 3. The van der Waals surface area contributed by atoms with Crippen molar-refractivity contribution in [1.29, 1.82) is 0 Å². The van der Waals surface area contributed by atoms with Crippen molar-refractivity contribution in [2.24, 2.45) is 11.8 Å². The minimum absolute atomic E-state index is 0.126. The lowest BCUT2D eigenvalue weighted by Crippen LogP contribution is -2.58. The van der Waals surface area contributed by atoms with Gasteiger partial charge in [-0.05, 0) is 52.0 Å². The highest BCUT2D eigenvalue weighted by atomic mass is 28.3. The summed E-state index contributed by atoms with van der Waals surface area (Å²) >= 11 is 0. The fraction of sp³-hybridized carbons (Fsp3) is 0.852. The van der Waals surface area contributed by atoms with Gasteiger partial charge in [-0.2, -0.15) is 0 Å². The minimum atomic E-state index is -1.38. The van der Waals surface area contributed by atoms with Crippen molar-refractivity contribution in [1.82, 2.24) is 15.1 Å². The molecule has 10 heteroatoms. The van der Waals surface area contributed by atoms with Crippen LogP contribution in [0.4, 0.5) is 4.79 Å². The second kappa shape index (κ2) is 14.7. The topological polar surface area (TPSA) is 105 Å². The third-order valence-electron chi connectivity index (χ3n) is 6.28. The molecule has 216 valence electrons. The molecule has 0 rings (SSSR count). The summed E-state index contributed by atoms with van der Waals surface area (Å²) in [6.07, 6.45) is 0.493. The van der Waals surface area contributed by atoms with E-state index in [0.29, 0.717) is 19.4 Å². The van der Waals surface area contributed by atoms with Gasteiger partial charge in [0.15, 0.2) is 0 Å². The molecule has 0 saturated carbocycles. The zero-order valence-electron chi connectivity index (χ0n) is 25.6. The van der Waals surface area contributed by atoms with Crippen molar-refractivity contribution < 1.29 is 28.7 Å². The molecule has 9 nitrogen and oxygen atoms in total. The highest BCUT2D eigenvalue weighted by Crippen LogP contribution is 2.18. The number of carbonyl (C=O) groups is 4. The maximum Gasteiger partial charge on any atom is 0.410 e. The van der Waals surface area contributed by atoms with Crippen molar-refractivity contribution in [3.8, 4) is 0 Å². The summed E-state index contributed by atoms with van der Waals surface area (Å²) in [6, 6.07) is -1.66. The van der Waals surface area contributed by atoms with Gasteiger partial charge in [-0.15, -0.1) is 0 Å². The molecule has 0 saturated heterocycles. The molecule has 0 aromatic heterocycles. The number of hydrogen-bond donors (Lipinski definition) is 1. The van der Waals surface area contributed by atoms with Crippen LogP contribution in [0.25, 0.3) is 0 Å². The molecule has 0 radical (unpaired) electrons. The summed E-state index contributed by atoms with van der Waals surface area (Å²) < 4.78 is 10.9. The largest absolute Gasteiger partial charge is 0.458 e. The molecule has 37 heavy (non-hydrogen) atoms. The second-order valence-electron chi connectivity index (χ2n) is 12.7. The maximum absolute atomic E-state index is 13.5. The Morgan fingerprint density at radius 2 is 1.49 bits per heavy atom. The van der Waals surface area contributed by atoms with Gasteiger partial charge >= 0.3 is 12.1 Å². The van der Waals surface area contributed by atoms with Gasteiger partial charge in [0.1, 0.15) is 23.7 Å². The summed E-state index contributed by atoms with van der Waals surface area (Å²) in [7, 11) is 1.71. The standard InChI is InChI=1S/C27H53N3O6Si/c1-14-19(4)22(24(32)29(9)20(5)25(33)36-27(6,7)8)28-23(31)21(17-18(2)3)30(10)26(34)35-15-16-37(11,12)13/h18-22H,14-17H2,1-13H3,(H,28,31)/t19-,20-,21-,22-/m0/s1. The summed E-state index contributed by atoms with van der Waals surface area (Å²) in [5, 5.41) is 2.89. The van der Waals surface area contributed by atoms with E-state index in [-0.39, 0.29) is 17.7 Å². The molecule has 0 heterocycles. The van der Waals surface area contributed by atoms with Gasteiger partial charge in [0.25, 0.3) is 0 Å². The maximum atomic E-state index is 13.5. The smallest absolute Gasteiger partial charge is 0.410 e. The lowest BCUT2D eigenvalue weighted by atomic mass is 9.95. The fourth-order valence-electron chi connectivity index (χ4n) is 3.45. The Morgan fingerprint density at radius 1 is 0.946 bits per heavy atom. The van der Waals surface area contributed by atoms with Crippen LogP contribution >= 0.6 is 0 Å². The lowest BCUT2D eigenvalue weighted by molar-refractivity contribution is -0.163. The molecule has 0 aliphatic carbocycles. The summed E-state index contributed by atoms with van der Waals surface area (Å²) in [5.74, 6) is -1.39. The van der Waals surface area contributed by atoms with Crippen LogP contribution in [-0.4, -0.2) is 86.2 Å². The van der Waals surface area contributed by atoms with E-state index in [4.69, 9.17) is 9.47 Å². The van der Waals surface area contributed by atoms with E-state index < -0.39 is 49.8 Å². The molecule has 0 spiro atoms. The average molecular weight is 544 g/mol. The van der Waals surface area contributed by atoms with Gasteiger partial charge in [0.05, 0.1) is 6.61 Å². The third kappa shape index (κ3) is 12.8. The van der Waals surface area contributed by atoms with Crippen molar-refractivity contribution in [3.63, 3.8) is 0 Å². The predicted octanol–water partition coefficient (Wildman–Crippen LogP) is 4.53. The van der Waals surface area contributed by atoms with Crippen LogP contribution in [0.15, 0.2) is 0 Å². The predicted molar refractivity (Wildman–Crippen MR) is 150 cm³/mol. The van der Waals surface area contributed by atoms with Crippen LogP contribution in [0.2, 0.25) is 25.7 Å². The molecular formula is C27H53N3O6Si. The van der Waals surface area contributed by atoms with Crippen LogP contribution in [0.5, 0.6) is 0 Å². The SMILES string of the molecule is CC[C@H](C)[C@H](NC(=O)[C@H](CC(C)C)N(C)C(=O)OCC[Si](C)(C)C)C(=O)N(C)[C@@H](C)C(=O)OC(C)(C)C. The summed E-state index contributed by atoms with van der Waals surface area (Å²) in [4.78, 5) is 54.9. The Hall–Kier alpha value is -2.10. The first-order chi connectivity index (χ1) is 16.7. The van der Waals surface area contributed by atoms with Crippen LogP contribution in [0, 0.1) is 11.8 Å². The van der Waals surface area contributed by atoms with Gasteiger partial charge in [-0.3, -0.25) is 14.5 Å². The molecule has 0 aliphatic rings. The highest BCUT2D eigenvalue weighted by Gasteiger charge is 2.37. The average Bonchev–Trinajstić information content (AvgIpc) is 2.76. The van der Waals surface area contributed by atoms with Crippen LogP contribution < -0.4 is 5.32 Å². The second-order valence-corrected chi connectivity index (χ2v) is 18.3. The van der Waals surface area contributed by atoms with Gasteiger partial charge in [-0.1, -0.05) is 53.8 Å². The van der Waals surface area contributed by atoms with E-state index in [0.717, 1.165) is 6.04 Å². The Kier molecular flexibility index (Phi) is 13.9. The van der Waals surface area contributed by atoms with E-state index in [2.05, 4.69) is 25.0 Å². The Bertz CT molecular complexity index is 775. The first kappa shape index (κ1) is 34.9. The highest BCUT2D eigenvalue weighted by molar-refractivity contribution is 6.76. The Morgan fingerprint density at radius 3 is 1.92 bits per heavy atom. The quantitative estimate of drug-likeness (QED) is 0.270. The number of nitrogens with zero attached hydrogens (tertiary/aromatic N) is 2. The number of hydrogen-bond acceptors (Lipinski definition) is 6. The third-order valence-corrected chi connectivity index (χ3v) is 7.99. The van der Waals surface area contributed by atoms with Gasteiger partial charge in [-0.25, -0.2) is 9.59 Å². The Balaban J connectivity index is 5.72. The molecule has 3 amide bonds. The van der Waals surface area contributed by atoms with E-state index in [9.17, 15) is 19.2 Å². The summed E-state index contributed by atoms with van der Waals surface area (Å²) in [6.45, 7) is 21.6. The molecule has 0 unspecified atom stereocenters. The van der Waals surface area contributed by atoms with Crippen molar-refractivity contribution in [3.05, 3.63) is 0 Å². The zero-order valence-corrected chi connectivity index (χ0v) is 26.6. The normalized spacial score (nSPS) is 15.3. The first-order valence-electron chi connectivity index (χ1n) is 13.4. The minimum Gasteiger partial charge on any atom is -0.458 e. The van der Waals surface area contributed by atoms with Crippen molar-refractivity contribution in [2.45, 2.75) is 118 Å². The van der Waals surface area contributed by atoms with Gasteiger partial charge in [0.2, 0.25) is 11.8 Å². The molecule has 4 atom stereocenters. The number of nitrogens with one attached hydrogen (secondary N) is 1. The van der Waals surface area contributed by atoms with Crippen LogP contribution in [0.1, 0.15) is 68.2 Å². The zero-order chi connectivity index (χ0) is 29.3. The molecule has 0 aromatic carbocycles. The van der Waals surface area contributed by atoms with Crippen LogP contribution in [-0.2, 0) is 23.9 Å². The Labute approximate surface area is 226 Å². The van der Waals surface area contributed by atoms with E-state index in [1.165, 1.54) is 16.8 Å². The molecule has 0 aromatic rings. The molecule has 0 aliphatic heterocycles. The van der Waals surface area contributed by atoms with E-state index >= 15 is 0 Å². The lowest BCUT2D eigenvalue weighted by Gasteiger charge is -2.34. The van der Waals surface area contributed by atoms with Gasteiger partial charge in [0, 0.05) is 22.2 Å². The van der Waals surface area contributed by atoms with E-state index in [1.54, 1.807) is 34.7 Å². The van der Waals surface area contributed by atoms with Crippen molar-refractivity contribution >= 4 is 32.0 Å². The molecule has 0 fully saturated rings. The molecular weight excluding hydrogens is 490 g/mol. The fourth-order valence-corrected chi connectivity index (χ4v) is 4.16. The van der Waals surface area contributed by atoms with Crippen LogP contribution in [0.3, 0.4) is 0 Å². The number of esters is 1. The number of ether oxygens (including phenoxy) is 2. The number of carbonyl (C=O) groups excluding carboxylic acids is 4. The summed E-state index contributed by atoms with van der Waals surface area (Å²) in [5.41, 5.74) is -0.683. The molecule has 0 bridgehead atoms. The van der Waals surface area contributed by atoms with E-state index in [1.807, 2.05) is 27.7 Å². The number of rotatable bonds is 13. The van der Waals surface area contributed by atoms with Gasteiger partial charge < -0.3 is 19.7 Å².